The summed E-state index contributed by atoms with van der Waals surface area (Å²) in [4.78, 5) is 24.0. The summed E-state index contributed by atoms with van der Waals surface area (Å²) in [6.45, 7) is 1.96. The van der Waals surface area contributed by atoms with Gasteiger partial charge in [-0.25, -0.2) is 4.79 Å². The van der Waals surface area contributed by atoms with Gasteiger partial charge in [-0.2, -0.15) is 0 Å². The van der Waals surface area contributed by atoms with E-state index in [0.717, 1.165) is 5.56 Å². The predicted octanol–water partition coefficient (Wildman–Crippen LogP) is 3.57. The molecule has 0 spiro atoms. The third-order valence-corrected chi connectivity index (χ3v) is 3.82. The molecule has 0 saturated heterocycles. The van der Waals surface area contributed by atoms with E-state index < -0.39 is 5.97 Å². The molecular formula is C20H18N4O3. The quantitative estimate of drug-likeness (QED) is 0.674. The molecule has 0 aliphatic heterocycles. The monoisotopic (exact) mass is 362 g/mol. The van der Waals surface area contributed by atoms with Crippen molar-refractivity contribution in [3.05, 3.63) is 77.4 Å². The summed E-state index contributed by atoms with van der Waals surface area (Å²) in [6, 6.07) is 17.4. The number of nitrogens with one attached hydrogen (secondary N) is 2. The lowest BCUT2D eigenvalue weighted by Gasteiger charge is -2.10. The van der Waals surface area contributed by atoms with Crippen LogP contribution in [0.25, 0.3) is 0 Å². The number of methoxy groups -OCH3 is 1. The number of aryl methyl sites for hydroxylation is 1. The van der Waals surface area contributed by atoms with Gasteiger partial charge in [-0.1, -0.05) is 29.8 Å². The topological polar surface area (TPSA) is 93.2 Å². The van der Waals surface area contributed by atoms with Crippen LogP contribution in [-0.2, 0) is 4.74 Å². The van der Waals surface area contributed by atoms with Crippen LogP contribution in [0.2, 0.25) is 0 Å². The molecule has 3 aromatic rings. The van der Waals surface area contributed by atoms with Gasteiger partial charge in [0.25, 0.3) is 5.91 Å². The number of amides is 1. The number of hydrogen-bond donors (Lipinski definition) is 2. The number of aromatic nitrogens is 2. The van der Waals surface area contributed by atoms with Crippen molar-refractivity contribution in [2.24, 2.45) is 0 Å². The normalized spacial score (nSPS) is 10.1. The van der Waals surface area contributed by atoms with Gasteiger partial charge in [0, 0.05) is 5.56 Å². The van der Waals surface area contributed by atoms with Crippen molar-refractivity contribution in [2.75, 3.05) is 17.7 Å². The second-order valence-electron chi connectivity index (χ2n) is 5.79. The molecule has 7 heteroatoms. The molecule has 0 aliphatic rings. The van der Waals surface area contributed by atoms with Crippen molar-refractivity contribution >= 4 is 29.2 Å². The maximum atomic E-state index is 12.2. The summed E-state index contributed by atoms with van der Waals surface area (Å²) < 4.78 is 4.76. The fourth-order valence-electron chi connectivity index (χ4n) is 2.38. The third-order valence-electron chi connectivity index (χ3n) is 3.82. The van der Waals surface area contributed by atoms with E-state index in [1.54, 1.807) is 48.5 Å². The fourth-order valence-corrected chi connectivity index (χ4v) is 2.38. The molecule has 7 nitrogen and oxygen atoms in total. The van der Waals surface area contributed by atoms with Gasteiger partial charge in [-0.15, -0.1) is 10.2 Å². The third kappa shape index (κ3) is 4.46. The molecule has 0 aliphatic carbocycles. The molecule has 1 amide bonds. The van der Waals surface area contributed by atoms with Crippen LogP contribution < -0.4 is 10.6 Å². The van der Waals surface area contributed by atoms with E-state index in [4.69, 9.17) is 4.74 Å². The molecular weight excluding hydrogens is 344 g/mol. The van der Waals surface area contributed by atoms with Gasteiger partial charge < -0.3 is 15.4 Å². The van der Waals surface area contributed by atoms with Crippen LogP contribution in [0.5, 0.6) is 0 Å². The lowest BCUT2D eigenvalue weighted by atomic mass is 10.1. The summed E-state index contributed by atoms with van der Waals surface area (Å²) in [6.07, 6.45) is 0. The standard InChI is InChI=1S/C20H18N4O3/c1-13-7-9-14(10-8-13)19(25)22-18-12-11-17(23-24-18)21-16-6-4-3-5-15(16)20(26)27-2/h3-12H,1-2H3,(H,21,23)(H,22,24,25). The molecule has 0 fully saturated rings. The van der Waals surface area contributed by atoms with Gasteiger partial charge >= 0.3 is 5.97 Å². The first-order valence-corrected chi connectivity index (χ1v) is 8.23. The maximum absolute atomic E-state index is 12.2. The highest BCUT2D eigenvalue weighted by molar-refractivity contribution is 6.03. The van der Waals surface area contributed by atoms with Crippen LogP contribution in [0.1, 0.15) is 26.3 Å². The second kappa shape index (κ2) is 8.09. The minimum absolute atomic E-state index is 0.263. The Bertz CT molecular complexity index is 954. The Hall–Kier alpha value is -3.74. The first-order valence-electron chi connectivity index (χ1n) is 8.23. The first-order chi connectivity index (χ1) is 13.1. The zero-order valence-corrected chi connectivity index (χ0v) is 14.9. The van der Waals surface area contributed by atoms with Gasteiger partial charge in [-0.05, 0) is 43.3 Å². The zero-order valence-electron chi connectivity index (χ0n) is 14.9. The number of para-hydroxylation sites is 1. The number of hydrogen-bond acceptors (Lipinski definition) is 6. The highest BCUT2D eigenvalue weighted by atomic mass is 16.5. The summed E-state index contributed by atoms with van der Waals surface area (Å²) in [5.41, 5.74) is 2.55. The van der Waals surface area contributed by atoms with Crippen molar-refractivity contribution in [2.45, 2.75) is 6.92 Å². The van der Waals surface area contributed by atoms with E-state index in [2.05, 4.69) is 20.8 Å². The Morgan fingerprint density at radius 1 is 0.889 bits per heavy atom. The van der Waals surface area contributed by atoms with Gasteiger partial charge in [0.05, 0.1) is 18.4 Å². The fraction of sp³-hybridized carbons (Fsp3) is 0.100. The van der Waals surface area contributed by atoms with Crippen LogP contribution in [-0.4, -0.2) is 29.2 Å². The first kappa shape index (κ1) is 18.1. The molecule has 0 saturated carbocycles. The Balaban J connectivity index is 1.70. The number of carbonyl (C=O) groups is 2. The average molecular weight is 362 g/mol. The highest BCUT2D eigenvalue weighted by Gasteiger charge is 2.12. The van der Waals surface area contributed by atoms with Crippen LogP contribution >= 0.6 is 0 Å². The highest BCUT2D eigenvalue weighted by Crippen LogP contribution is 2.20. The Labute approximate surface area is 156 Å². The molecule has 1 heterocycles. The van der Waals surface area contributed by atoms with Gasteiger partial charge in [0.1, 0.15) is 0 Å². The van der Waals surface area contributed by atoms with Crippen LogP contribution in [0.15, 0.2) is 60.7 Å². The van der Waals surface area contributed by atoms with Crippen molar-refractivity contribution in [1.82, 2.24) is 10.2 Å². The molecule has 136 valence electrons. The van der Waals surface area contributed by atoms with Crippen molar-refractivity contribution < 1.29 is 14.3 Å². The smallest absolute Gasteiger partial charge is 0.339 e. The summed E-state index contributed by atoms with van der Waals surface area (Å²) in [7, 11) is 1.32. The summed E-state index contributed by atoms with van der Waals surface area (Å²) in [5, 5.41) is 13.7. The molecule has 2 aromatic carbocycles. The Kier molecular flexibility index (Phi) is 5.41. The lowest BCUT2D eigenvalue weighted by molar-refractivity contribution is 0.0601. The van der Waals surface area contributed by atoms with Crippen molar-refractivity contribution in [3.8, 4) is 0 Å². The number of anilines is 3. The van der Waals surface area contributed by atoms with E-state index in [1.807, 2.05) is 19.1 Å². The SMILES string of the molecule is COC(=O)c1ccccc1Nc1ccc(NC(=O)c2ccc(C)cc2)nn1. The van der Waals surface area contributed by atoms with Crippen LogP contribution in [0.3, 0.4) is 0 Å². The lowest BCUT2D eigenvalue weighted by Crippen LogP contribution is -2.13. The molecule has 0 radical (unpaired) electrons. The van der Waals surface area contributed by atoms with Crippen LogP contribution in [0, 0.1) is 6.92 Å². The van der Waals surface area contributed by atoms with Gasteiger partial charge in [0.2, 0.25) is 0 Å². The molecule has 3 rings (SSSR count). The summed E-state index contributed by atoms with van der Waals surface area (Å²) in [5.74, 6) is 0.0427. The van der Waals surface area contributed by atoms with Crippen molar-refractivity contribution in [1.29, 1.82) is 0 Å². The Morgan fingerprint density at radius 2 is 1.56 bits per heavy atom. The van der Waals surface area contributed by atoms with E-state index in [1.165, 1.54) is 7.11 Å². The second-order valence-corrected chi connectivity index (χ2v) is 5.79. The minimum atomic E-state index is -0.451. The zero-order chi connectivity index (χ0) is 19.2. The molecule has 0 atom stereocenters. The summed E-state index contributed by atoms with van der Waals surface area (Å²) >= 11 is 0. The molecule has 0 unspecified atom stereocenters. The number of benzene rings is 2. The maximum Gasteiger partial charge on any atom is 0.339 e. The number of carbonyl (C=O) groups excluding carboxylic acids is 2. The number of rotatable bonds is 5. The predicted molar refractivity (Wildman–Crippen MR) is 102 cm³/mol. The van der Waals surface area contributed by atoms with Crippen molar-refractivity contribution in [3.63, 3.8) is 0 Å². The van der Waals surface area contributed by atoms with E-state index in [0.29, 0.717) is 28.5 Å². The molecule has 27 heavy (non-hydrogen) atoms. The van der Waals surface area contributed by atoms with Gasteiger partial charge in [-0.3, -0.25) is 4.79 Å². The number of ether oxygens (including phenoxy) is 1. The van der Waals surface area contributed by atoms with Gasteiger partial charge in [0.15, 0.2) is 11.6 Å². The number of esters is 1. The number of nitrogens with zero attached hydrogens (tertiary/aromatic N) is 2. The molecule has 2 N–H and O–H groups in total. The van der Waals surface area contributed by atoms with E-state index in [9.17, 15) is 9.59 Å². The molecule has 1 aromatic heterocycles. The largest absolute Gasteiger partial charge is 0.465 e. The molecule has 0 bridgehead atoms. The van der Waals surface area contributed by atoms with E-state index in [-0.39, 0.29) is 5.91 Å². The minimum Gasteiger partial charge on any atom is -0.465 e. The van der Waals surface area contributed by atoms with E-state index >= 15 is 0 Å². The Morgan fingerprint density at radius 3 is 2.22 bits per heavy atom. The average Bonchev–Trinajstić information content (AvgIpc) is 2.70. The van der Waals surface area contributed by atoms with Crippen LogP contribution in [0.4, 0.5) is 17.3 Å².